The normalized spacial score (nSPS) is 17.2. The molecule has 0 radical (unpaired) electrons. The molecular weight excluding hydrogens is 330 g/mol. The van der Waals surface area contributed by atoms with Crippen molar-refractivity contribution in [2.75, 3.05) is 25.9 Å². The van der Waals surface area contributed by atoms with Crippen LogP contribution in [-0.4, -0.2) is 47.9 Å². The van der Waals surface area contributed by atoms with Gasteiger partial charge in [-0.2, -0.15) is 0 Å². The van der Waals surface area contributed by atoms with Gasteiger partial charge in [-0.1, -0.05) is 0 Å². The molecule has 5 heteroatoms. The highest BCUT2D eigenvalue weighted by Gasteiger charge is 2.26. The number of piperidine rings is 1. The van der Waals surface area contributed by atoms with Gasteiger partial charge < -0.3 is 15.5 Å². The molecule has 0 saturated carbocycles. The molecule has 2 N–H and O–H groups in total. The first-order chi connectivity index (χ1) is 9.90. The van der Waals surface area contributed by atoms with E-state index in [4.69, 9.17) is 5.73 Å². The van der Waals surface area contributed by atoms with Crippen molar-refractivity contribution in [2.24, 2.45) is 0 Å². The second kappa shape index (κ2) is 6.79. The molecule has 1 aliphatic heterocycles. The van der Waals surface area contributed by atoms with Gasteiger partial charge in [-0.05, 0) is 60.8 Å². The predicted molar refractivity (Wildman–Crippen MR) is 90.4 cm³/mol. The monoisotopic (exact) mass is 353 g/mol. The summed E-state index contributed by atoms with van der Waals surface area (Å²) in [5, 5.41) is 0. The molecule has 0 unspecified atom stereocenters. The molecular formula is C16H24BrN3O. The molecule has 0 spiro atoms. The number of likely N-dealkylation sites (tertiary alicyclic amines) is 1. The number of nitrogen functional groups attached to an aromatic ring is 1. The highest BCUT2D eigenvalue weighted by molar-refractivity contribution is 9.10. The van der Waals surface area contributed by atoms with E-state index in [1.807, 2.05) is 24.1 Å². The lowest BCUT2D eigenvalue weighted by Crippen LogP contribution is -2.47. The fourth-order valence-corrected chi connectivity index (χ4v) is 3.08. The largest absolute Gasteiger partial charge is 0.398 e. The molecule has 1 aromatic carbocycles. The standard InChI is InChI=1S/C16H24BrN3O/c1-11(2)20-8-6-13(7-9-20)19(3)16(21)12-4-5-14(17)15(18)10-12/h4-5,10-11,13H,6-9,18H2,1-3H3. The lowest BCUT2D eigenvalue weighted by Gasteiger charge is -2.38. The van der Waals surface area contributed by atoms with E-state index >= 15 is 0 Å². The number of carbonyl (C=O) groups excluding carboxylic acids is 1. The zero-order chi connectivity index (χ0) is 15.6. The van der Waals surface area contributed by atoms with Crippen molar-refractivity contribution in [3.8, 4) is 0 Å². The number of halogens is 1. The van der Waals surface area contributed by atoms with E-state index in [0.29, 0.717) is 23.3 Å². The maximum Gasteiger partial charge on any atom is 0.253 e. The lowest BCUT2D eigenvalue weighted by molar-refractivity contribution is 0.0615. The third kappa shape index (κ3) is 3.77. The van der Waals surface area contributed by atoms with Gasteiger partial charge in [0.05, 0.1) is 0 Å². The average molecular weight is 354 g/mol. The molecule has 1 heterocycles. The number of amides is 1. The van der Waals surface area contributed by atoms with Gasteiger partial charge in [-0.3, -0.25) is 4.79 Å². The van der Waals surface area contributed by atoms with Crippen LogP contribution in [0.4, 0.5) is 5.69 Å². The highest BCUT2D eigenvalue weighted by Crippen LogP contribution is 2.23. The summed E-state index contributed by atoms with van der Waals surface area (Å²) in [5.41, 5.74) is 7.12. The zero-order valence-corrected chi connectivity index (χ0v) is 14.6. The SMILES string of the molecule is CC(C)N1CCC(N(C)C(=O)c2ccc(Br)c(N)c2)CC1. The molecule has 4 nitrogen and oxygen atoms in total. The molecule has 1 fully saturated rings. The Kier molecular flexibility index (Phi) is 5.27. The van der Waals surface area contributed by atoms with Gasteiger partial charge in [-0.15, -0.1) is 0 Å². The molecule has 1 aliphatic rings. The predicted octanol–water partition coefficient (Wildman–Crippen LogP) is 2.98. The van der Waals surface area contributed by atoms with Crippen LogP contribution in [0.25, 0.3) is 0 Å². The summed E-state index contributed by atoms with van der Waals surface area (Å²) in [6.45, 7) is 6.56. The summed E-state index contributed by atoms with van der Waals surface area (Å²) in [6, 6.07) is 6.29. The summed E-state index contributed by atoms with van der Waals surface area (Å²) in [6.07, 6.45) is 2.07. The molecule has 0 aromatic heterocycles. The minimum absolute atomic E-state index is 0.0530. The van der Waals surface area contributed by atoms with E-state index in [1.54, 1.807) is 6.07 Å². The van der Waals surface area contributed by atoms with Crippen LogP contribution in [-0.2, 0) is 0 Å². The molecule has 1 amide bonds. The van der Waals surface area contributed by atoms with Crippen molar-refractivity contribution in [3.63, 3.8) is 0 Å². The van der Waals surface area contributed by atoms with Gasteiger partial charge >= 0.3 is 0 Å². The Hall–Kier alpha value is -1.07. The lowest BCUT2D eigenvalue weighted by atomic mass is 10.0. The number of hydrogen-bond donors (Lipinski definition) is 1. The van der Waals surface area contributed by atoms with Crippen LogP contribution in [0.2, 0.25) is 0 Å². The zero-order valence-electron chi connectivity index (χ0n) is 13.0. The fraction of sp³-hybridized carbons (Fsp3) is 0.562. The number of benzene rings is 1. The first-order valence-electron chi connectivity index (χ1n) is 7.46. The van der Waals surface area contributed by atoms with E-state index in [9.17, 15) is 4.79 Å². The van der Waals surface area contributed by atoms with Gasteiger partial charge in [0.25, 0.3) is 5.91 Å². The van der Waals surface area contributed by atoms with E-state index in [0.717, 1.165) is 30.4 Å². The topological polar surface area (TPSA) is 49.6 Å². The second-order valence-corrected chi connectivity index (χ2v) is 6.87. The number of nitrogens with two attached hydrogens (primary N) is 1. The molecule has 1 aromatic rings. The Bertz CT molecular complexity index is 510. The van der Waals surface area contributed by atoms with E-state index in [2.05, 4.69) is 34.7 Å². The molecule has 0 aliphatic carbocycles. The van der Waals surface area contributed by atoms with Crippen LogP contribution in [0.3, 0.4) is 0 Å². The number of anilines is 1. The van der Waals surface area contributed by atoms with Crippen LogP contribution in [0.5, 0.6) is 0 Å². The molecule has 2 rings (SSSR count). The van der Waals surface area contributed by atoms with Gasteiger partial charge in [0, 0.05) is 47.9 Å². The van der Waals surface area contributed by atoms with Gasteiger partial charge in [0.2, 0.25) is 0 Å². The summed E-state index contributed by atoms with van der Waals surface area (Å²) in [4.78, 5) is 16.9. The Morgan fingerprint density at radius 1 is 1.38 bits per heavy atom. The van der Waals surface area contributed by atoms with E-state index in [-0.39, 0.29) is 5.91 Å². The van der Waals surface area contributed by atoms with Crippen molar-refractivity contribution < 1.29 is 4.79 Å². The average Bonchev–Trinajstić information content (AvgIpc) is 2.48. The van der Waals surface area contributed by atoms with Crippen molar-refractivity contribution in [1.29, 1.82) is 0 Å². The number of nitrogens with zero attached hydrogens (tertiary/aromatic N) is 2. The summed E-state index contributed by atoms with van der Waals surface area (Å²) >= 11 is 3.36. The summed E-state index contributed by atoms with van der Waals surface area (Å²) in [5.74, 6) is 0.0530. The van der Waals surface area contributed by atoms with Crippen LogP contribution in [0, 0.1) is 0 Å². The Balaban J connectivity index is 2.01. The third-order valence-corrected chi connectivity index (χ3v) is 5.06. The van der Waals surface area contributed by atoms with Crippen LogP contribution in [0.1, 0.15) is 37.0 Å². The van der Waals surface area contributed by atoms with Crippen molar-refractivity contribution in [2.45, 2.75) is 38.8 Å². The van der Waals surface area contributed by atoms with Crippen LogP contribution < -0.4 is 5.73 Å². The first kappa shape index (κ1) is 16.3. The first-order valence-corrected chi connectivity index (χ1v) is 8.25. The molecule has 0 atom stereocenters. The van der Waals surface area contributed by atoms with E-state index < -0.39 is 0 Å². The van der Waals surface area contributed by atoms with E-state index in [1.165, 1.54) is 0 Å². The van der Waals surface area contributed by atoms with Crippen LogP contribution >= 0.6 is 15.9 Å². The molecule has 0 bridgehead atoms. The molecule has 116 valence electrons. The Labute approximate surface area is 135 Å². The summed E-state index contributed by atoms with van der Waals surface area (Å²) in [7, 11) is 1.90. The van der Waals surface area contributed by atoms with Crippen molar-refractivity contribution in [1.82, 2.24) is 9.80 Å². The minimum atomic E-state index is 0.0530. The van der Waals surface area contributed by atoms with Gasteiger partial charge in [0.1, 0.15) is 0 Å². The maximum absolute atomic E-state index is 12.6. The Morgan fingerprint density at radius 3 is 2.52 bits per heavy atom. The van der Waals surface area contributed by atoms with Crippen molar-refractivity contribution >= 4 is 27.5 Å². The highest BCUT2D eigenvalue weighted by atomic mass is 79.9. The molecule has 1 saturated heterocycles. The third-order valence-electron chi connectivity index (χ3n) is 4.34. The quantitative estimate of drug-likeness (QED) is 0.849. The fourth-order valence-electron chi connectivity index (χ4n) is 2.84. The van der Waals surface area contributed by atoms with Gasteiger partial charge in [0.15, 0.2) is 0 Å². The number of hydrogen-bond acceptors (Lipinski definition) is 3. The smallest absolute Gasteiger partial charge is 0.253 e. The number of carbonyl (C=O) groups is 1. The summed E-state index contributed by atoms with van der Waals surface area (Å²) < 4.78 is 0.826. The van der Waals surface area contributed by atoms with Crippen molar-refractivity contribution in [3.05, 3.63) is 28.2 Å². The molecule has 21 heavy (non-hydrogen) atoms. The minimum Gasteiger partial charge on any atom is -0.398 e. The van der Waals surface area contributed by atoms with Gasteiger partial charge in [-0.25, -0.2) is 0 Å². The van der Waals surface area contributed by atoms with Crippen LogP contribution in [0.15, 0.2) is 22.7 Å². The maximum atomic E-state index is 12.6. The number of rotatable bonds is 3. The Morgan fingerprint density at radius 2 is 2.00 bits per heavy atom. The second-order valence-electron chi connectivity index (χ2n) is 6.01.